The van der Waals surface area contributed by atoms with Gasteiger partial charge in [-0.05, 0) is 54.9 Å². The largest absolute Gasteiger partial charge is 0.457 e. The van der Waals surface area contributed by atoms with Crippen LogP contribution in [0.3, 0.4) is 0 Å². The standard InChI is InChI=1S/C15H13ClF3NO/c16-11-2-5-12(6-3-11)21-13-4-1-10(7-8-20)14(9-13)15(17,18)19/h1-6,9H,7-8,20H2. The summed E-state index contributed by atoms with van der Waals surface area (Å²) >= 11 is 5.74. The minimum absolute atomic E-state index is 0.116. The summed E-state index contributed by atoms with van der Waals surface area (Å²) in [4.78, 5) is 0. The summed E-state index contributed by atoms with van der Waals surface area (Å²) in [7, 11) is 0. The van der Waals surface area contributed by atoms with E-state index < -0.39 is 11.7 Å². The third-order valence-corrected chi connectivity index (χ3v) is 3.10. The average molecular weight is 316 g/mol. The van der Waals surface area contributed by atoms with E-state index in [0.29, 0.717) is 10.8 Å². The summed E-state index contributed by atoms with van der Waals surface area (Å²) in [6.07, 6.45) is -4.28. The Hall–Kier alpha value is -1.72. The molecule has 0 aromatic heterocycles. The molecule has 0 heterocycles. The predicted octanol–water partition coefficient (Wildman–Crippen LogP) is 4.65. The molecule has 0 bridgehead atoms. The van der Waals surface area contributed by atoms with E-state index in [0.717, 1.165) is 6.07 Å². The van der Waals surface area contributed by atoms with Crippen molar-refractivity contribution >= 4 is 11.6 Å². The summed E-state index contributed by atoms with van der Waals surface area (Å²) < 4.78 is 44.5. The van der Waals surface area contributed by atoms with E-state index in [1.54, 1.807) is 24.3 Å². The fourth-order valence-corrected chi connectivity index (χ4v) is 2.02. The number of alkyl halides is 3. The fourth-order valence-electron chi connectivity index (χ4n) is 1.90. The van der Waals surface area contributed by atoms with E-state index in [1.807, 2.05) is 0 Å². The first-order valence-electron chi connectivity index (χ1n) is 6.24. The van der Waals surface area contributed by atoms with Crippen molar-refractivity contribution < 1.29 is 17.9 Å². The Morgan fingerprint density at radius 1 is 1.00 bits per heavy atom. The Labute approximate surface area is 125 Å². The SMILES string of the molecule is NCCc1ccc(Oc2ccc(Cl)cc2)cc1C(F)(F)F. The van der Waals surface area contributed by atoms with E-state index in [2.05, 4.69) is 0 Å². The first-order chi connectivity index (χ1) is 9.90. The molecule has 0 aliphatic rings. The highest BCUT2D eigenvalue weighted by Gasteiger charge is 2.33. The number of halogens is 4. The van der Waals surface area contributed by atoms with E-state index in [9.17, 15) is 13.2 Å². The first-order valence-corrected chi connectivity index (χ1v) is 6.61. The third-order valence-electron chi connectivity index (χ3n) is 2.85. The van der Waals surface area contributed by atoms with Crippen molar-refractivity contribution in [2.75, 3.05) is 6.54 Å². The number of hydrogen-bond donors (Lipinski definition) is 1. The van der Waals surface area contributed by atoms with Crippen molar-refractivity contribution in [3.05, 3.63) is 58.6 Å². The van der Waals surface area contributed by atoms with Gasteiger partial charge in [-0.1, -0.05) is 17.7 Å². The Balaban J connectivity index is 2.31. The van der Waals surface area contributed by atoms with Gasteiger partial charge in [-0.3, -0.25) is 0 Å². The summed E-state index contributed by atoms with van der Waals surface area (Å²) in [5, 5.41) is 0.525. The predicted molar refractivity (Wildman–Crippen MR) is 75.7 cm³/mol. The average Bonchev–Trinajstić information content (AvgIpc) is 2.42. The Morgan fingerprint density at radius 3 is 2.19 bits per heavy atom. The molecule has 0 radical (unpaired) electrons. The van der Waals surface area contributed by atoms with Crippen LogP contribution in [-0.2, 0) is 12.6 Å². The Bertz CT molecular complexity index is 611. The first kappa shape index (κ1) is 15.7. The van der Waals surface area contributed by atoms with Gasteiger partial charge in [0, 0.05) is 5.02 Å². The second-order valence-corrected chi connectivity index (χ2v) is 4.85. The lowest BCUT2D eigenvalue weighted by Gasteiger charge is -2.14. The van der Waals surface area contributed by atoms with Crippen LogP contribution in [0.15, 0.2) is 42.5 Å². The normalized spacial score (nSPS) is 11.5. The molecule has 2 aromatic rings. The smallest absolute Gasteiger partial charge is 0.416 e. The number of rotatable bonds is 4. The molecule has 0 amide bonds. The number of nitrogens with two attached hydrogens (primary N) is 1. The molecule has 2 N–H and O–H groups in total. The Morgan fingerprint density at radius 2 is 1.62 bits per heavy atom. The molecule has 112 valence electrons. The maximum atomic E-state index is 13.0. The molecule has 0 aliphatic carbocycles. The summed E-state index contributed by atoms with van der Waals surface area (Å²) in [6.45, 7) is 0.153. The number of ether oxygens (including phenoxy) is 1. The molecule has 2 aromatic carbocycles. The van der Waals surface area contributed by atoms with Gasteiger partial charge in [-0.2, -0.15) is 13.2 Å². The molecule has 2 nitrogen and oxygen atoms in total. The minimum atomic E-state index is -4.44. The van der Waals surface area contributed by atoms with Crippen LogP contribution in [0.1, 0.15) is 11.1 Å². The number of hydrogen-bond acceptors (Lipinski definition) is 2. The van der Waals surface area contributed by atoms with E-state index in [4.69, 9.17) is 22.1 Å². The molecule has 0 unspecified atom stereocenters. The van der Waals surface area contributed by atoms with Crippen LogP contribution in [0.25, 0.3) is 0 Å². The highest BCUT2D eigenvalue weighted by atomic mass is 35.5. The molecule has 6 heteroatoms. The molecular formula is C15H13ClF3NO. The molecule has 0 spiro atoms. The topological polar surface area (TPSA) is 35.2 Å². The van der Waals surface area contributed by atoms with Gasteiger partial charge in [0.25, 0.3) is 0 Å². The zero-order chi connectivity index (χ0) is 15.5. The second-order valence-electron chi connectivity index (χ2n) is 4.41. The van der Waals surface area contributed by atoms with Gasteiger partial charge in [0.2, 0.25) is 0 Å². The molecule has 2 rings (SSSR count). The van der Waals surface area contributed by atoms with Crippen LogP contribution in [0, 0.1) is 0 Å². The van der Waals surface area contributed by atoms with E-state index >= 15 is 0 Å². The minimum Gasteiger partial charge on any atom is -0.457 e. The quantitative estimate of drug-likeness (QED) is 0.891. The molecule has 0 atom stereocenters. The van der Waals surface area contributed by atoms with Gasteiger partial charge in [0.05, 0.1) is 5.56 Å². The summed E-state index contributed by atoms with van der Waals surface area (Å²) in [5.41, 5.74) is 4.78. The zero-order valence-electron chi connectivity index (χ0n) is 11.0. The Kier molecular flexibility index (Phi) is 4.75. The van der Waals surface area contributed by atoms with Crippen molar-refractivity contribution in [3.8, 4) is 11.5 Å². The lowest BCUT2D eigenvalue weighted by Crippen LogP contribution is -2.12. The number of benzene rings is 2. The second kappa shape index (κ2) is 6.37. The van der Waals surface area contributed by atoms with Gasteiger partial charge in [0.15, 0.2) is 0 Å². The maximum Gasteiger partial charge on any atom is 0.416 e. The van der Waals surface area contributed by atoms with Gasteiger partial charge >= 0.3 is 6.18 Å². The highest BCUT2D eigenvalue weighted by molar-refractivity contribution is 6.30. The summed E-state index contributed by atoms with van der Waals surface area (Å²) in [6, 6.07) is 10.2. The van der Waals surface area contributed by atoms with Gasteiger partial charge in [-0.15, -0.1) is 0 Å². The van der Waals surface area contributed by atoms with Crippen LogP contribution in [-0.4, -0.2) is 6.54 Å². The molecule has 21 heavy (non-hydrogen) atoms. The molecular weight excluding hydrogens is 303 g/mol. The van der Waals surface area contributed by atoms with Crippen LogP contribution in [0.2, 0.25) is 5.02 Å². The van der Waals surface area contributed by atoms with Gasteiger partial charge in [-0.25, -0.2) is 0 Å². The molecule has 0 saturated carbocycles. The van der Waals surface area contributed by atoms with Crippen molar-refractivity contribution in [1.29, 1.82) is 0 Å². The molecule has 0 fully saturated rings. The third kappa shape index (κ3) is 4.12. The lowest BCUT2D eigenvalue weighted by atomic mass is 10.0. The lowest BCUT2D eigenvalue weighted by molar-refractivity contribution is -0.138. The van der Waals surface area contributed by atoms with Crippen molar-refractivity contribution in [2.24, 2.45) is 5.73 Å². The van der Waals surface area contributed by atoms with Gasteiger partial charge < -0.3 is 10.5 Å². The zero-order valence-corrected chi connectivity index (χ0v) is 11.7. The van der Waals surface area contributed by atoms with Crippen molar-refractivity contribution in [2.45, 2.75) is 12.6 Å². The fraction of sp³-hybridized carbons (Fsp3) is 0.200. The van der Waals surface area contributed by atoms with Crippen LogP contribution in [0.5, 0.6) is 11.5 Å². The summed E-state index contributed by atoms with van der Waals surface area (Å²) in [5.74, 6) is 0.532. The molecule has 0 aliphatic heterocycles. The maximum absolute atomic E-state index is 13.0. The molecule has 0 saturated heterocycles. The van der Waals surface area contributed by atoms with Crippen LogP contribution < -0.4 is 10.5 Å². The monoisotopic (exact) mass is 315 g/mol. The highest BCUT2D eigenvalue weighted by Crippen LogP contribution is 2.35. The van der Waals surface area contributed by atoms with E-state index in [-0.39, 0.29) is 24.3 Å². The van der Waals surface area contributed by atoms with Crippen LogP contribution in [0.4, 0.5) is 13.2 Å². The van der Waals surface area contributed by atoms with E-state index in [1.165, 1.54) is 12.1 Å². The van der Waals surface area contributed by atoms with Gasteiger partial charge in [0.1, 0.15) is 11.5 Å². The van der Waals surface area contributed by atoms with Crippen molar-refractivity contribution in [1.82, 2.24) is 0 Å². The van der Waals surface area contributed by atoms with Crippen LogP contribution >= 0.6 is 11.6 Å². The van der Waals surface area contributed by atoms with Crippen molar-refractivity contribution in [3.63, 3.8) is 0 Å².